The first-order chi connectivity index (χ1) is 19.0. The van der Waals surface area contributed by atoms with Gasteiger partial charge in [0.2, 0.25) is 5.95 Å². The third-order valence-electron chi connectivity index (χ3n) is 5.88. The highest BCUT2D eigenvalue weighted by molar-refractivity contribution is 7.59. The maximum atomic E-state index is 12.2. The van der Waals surface area contributed by atoms with Crippen molar-refractivity contribution in [2.75, 3.05) is 18.9 Å². The number of H-pyrrole nitrogens is 1. The molecule has 4 rings (SSSR count). The summed E-state index contributed by atoms with van der Waals surface area (Å²) in [5.74, 6) is -1.64. The number of nitrogen functional groups attached to an aromatic ring is 1. The molecule has 0 aliphatic carbocycles. The highest BCUT2D eigenvalue weighted by atomic mass is 31.3. The number of nitrogens with one attached hydrogen (secondary N) is 1. The number of anilines is 1. The van der Waals surface area contributed by atoms with E-state index in [0.717, 1.165) is 10.9 Å². The van der Waals surface area contributed by atoms with Gasteiger partial charge in [0.1, 0.15) is 42.7 Å². The molecule has 2 aromatic rings. The second kappa shape index (κ2) is 11.8. The van der Waals surface area contributed by atoms with Gasteiger partial charge in [-0.2, -0.15) is 4.98 Å². The summed E-state index contributed by atoms with van der Waals surface area (Å²) in [6, 6.07) is 0. The zero-order chi connectivity index (χ0) is 30.4. The number of nitrogens with zero attached hydrogens (tertiary/aromatic N) is 3. The average molecular weight is 631 g/mol. The standard InChI is InChI=1S/C17H25N5O17P2/c18-17-20-13-6(14(30)21-17)19-3-22(13)15-10(28)7(25)5(36-15)2-35-40(31,32)39-41(33,34)38-16-11(29)8(26)9(27)12(37-16)4(24)1-23/h3-5,7-8,10-12,15-16,23-26,28-29H,1-2H2,(H,31,32)(H,33,34)(H3,18,20,21,30)/p-2/t4-,5-,7-,8+,10-,11+,12-,15-,16-/m1/s1. The van der Waals surface area contributed by atoms with E-state index >= 15 is 0 Å². The molecule has 230 valence electrons. The molecule has 0 spiro atoms. The van der Waals surface area contributed by atoms with Crippen LogP contribution in [0.15, 0.2) is 11.1 Å². The molecule has 41 heavy (non-hydrogen) atoms. The second-order valence-electron chi connectivity index (χ2n) is 8.71. The number of hydrogen-bond acceptors (Lipinski definition) is 20. The number of fused-ring (bicyclic) bond motifs is 1. The highest BCUT2D eigenvalue weighted by Crippen LogP contribution is 2.57. The van der Waals surface area contributed by atoms with Gasteiger partial charge < -0.3 is 60.2 Å². The fraction of sp³-hybridized carbons (Fsp3) is 0.647. The maximum Gasteiger partial charge on any atom is 0.280 e. The van der Waals surface area contributed by atoms with Crippen molar-refractivity contribution in [1.29, 1.82) is 0 Å². The maximum absolute atomic E-state index is 12.2. The van der Waals surface area contributed by atoms with Crippen molar-refractivity contribution in [3.05, 3.63) is 16.7 Å². The number of aliphatic hydroxyl groups is 6. The molecule has 11 atom stereocenters. The third-order valence-corrected chi connectivity index (χ3v) is 8.41. The minimum atomic E-state index is -6.03. The Bertz CT molecular complexity index is 1440. The number of rotatable bonds is 10. The van der Waals surface area contributed by atoms with E-state index < -0.39 is 95.4 Å². The van der Waals surface area contributed by atoms with Crippen LogP contribution in [0.25, 0.3) is 11.2 Å². The molecule has 0 saturated carbocycles. The lowest BCUT2D eigenvalue weighted by Gasteiger charge is -2.40. The van der Waals surface area contributed by atoms with Crippen molar-refractivity contribution in [3.63, 3.8) is 0 Å². The van der Waals surface area contributed by atoms with Gasteiger partial charge in [-0.25, -0.2) is 9.29 Å². The topological polar surface area (TPSA) is 354 Å². The number of nitrogens with two attached hydrogens (primary N) is 1. The number of imidazole rings is 1. The highest BCUT2D eigenvalue weighted by Gasteiger charge is 2.48. The van der Waals surface area contributed by atoms with Crippen LogP contribution in [0.3, 0.4) is 0 Å². The van der Waals surface area contributed by atoms with Gasteiger partial charge in [-0.1, -0.05) is 0 Å². The van der Waals surface area contributed by atoms with Crippen LogP contribution in [0.4, 0.5) is 5.95 Å². The van der Waals surface area contributed by atoms with Crippen LogP contribution in [0, 0.1) is 0 Å². The van der Waals surface area contributed by atoms with E-state index in [4.69, 9.17) is 20.3 Å². The van der Waals surface area contributed by atoms with Gasteiger partial charge in [0.15, 0.2) is 29.5 Å². The molecule has 2 unspecified atom stereocenters. The SMILES string of the molecule is Nc1nc2c(ncn2[C@@H]2O[C@H](COP(=O)([O-])OP(=O)([O-])O[C@H]3O[C@H]([C@H](O)CO)C(=O)[C@H](O)[C@@H]3O)[C@@H](O)[C@H]2O)c(=O)[nH]1. The lowest BCUT2D eigenvalue weighted by molar-refractivity contribution is -0.283. The summed E-state index contributed by atoms with van der Waals surface area (Å²) in [4.78, 5) is 58.1. The molecule has 0 radical (unpaired) electrons. The molecule has 9 N–H and O–H groups in total. The van der Waals surface area contributed by atoms with Crippen molar-refractivity contribution >= 4 is 38.5 Å². The number of Topliss-reactive ketones (excluding diaryl/α,β-unsaturated/α-hetero) is 1. The first-order valence-corrected chi connectivity index (χ1v) is 14.2. The number of phosphoric ester groups is 2. The van der Waals surface area contributed by atoms with Crippen LogP contribution < -0.4 is 21.1 Å². The van der Waals surface area contributed by atoms with Gasteiger partial charge in [-0.15, -0.1) is 0 Å². The Kier molecular flexibility index (Phi) is 9.12. The smallest absolute Gasteiger partial charge is 0.280 e. The van der Waals surface area contributed by atoms with Crippen LogP contribution >= 0.6 is 15.6 Å². The minimum Gasteiger partial charge on any atom is -0.756 e. The van der Waals surface area contributed by atoms with Crippen LogP contribution in [-0.4, -0.2) is 118 Å². The predicted octanol–water partition coefficient (Wildman–Crippen LogP) is -6.32. The quantitative estimate of drug-likeness (QED) is 0.113. The Hall–Kier alpha value is -2.24. The first kappa shape index (κ1) is 31.7. The number of aromatic nitrogens is 4. The van der Waals surface area contributed by atoms with Crippen molar-refractivity contribution < 1.29 is 77.2 Å². The molecule has 2 saturated heterocycles. The molecule has 2 fully saturated rings. The molecule has 2 aromatic heterocycles. The second-order valence-corrected chi connectivity index (χ2v) is 11.6. The van der Waals surface area contributed by atoms with Crippen LogP contribution in [-0.2, 0) is 36.8 Å². The van der Waals surface area contributed by atoms with E-state index in [0.29, 0.717) is 0 Å². The Morgan fingerprint density at radius 3 is 2.46 bits per heavy atom. The van der Waals surface area contributed by atoms with Crippen LogP contribution in [0.1, 0.15) is 6.23 Å². The number of carbonyl (C=O) groups excluding carboxylic acids is 1. The summed E-state index contributed by atoms with van der Waals surface area (Å²) >= 11 is 0. The summed E-state index contributed by atoms with van der Waals surface area (Å²) in [7, 11) is -11.9. The molecule has 24 heteroatoms. The fourth-order valence-corrected chi connectivity index (χ4v) is 6.00. The Morgan fingerprint density at radius 2 is 1.80 bits per heavy atom. The zero-order valence-electron chi connectivity index (χ0n) is 20.2. The van der Waals surface area contributed by atoms with Gasteiger partial charge in [-0.3, -0.25) is 32.8 Å². The first-order valence-electron chi connectivity index (χ1n) is 11.3. The number of aliphatic hydroxyl groups excluding tert-OH is 6. The lowest BCUT2D eigenvalue weighted by Crippen LogP contribution is -2.59. The van der Waals surface area contributed by atoms with Gasteiger partial charge in [0, 0.05) is 0 Å². The molecule has 0 aromatic carbocycles. The Morgan fingerprint density at radius 1 is 1.12 bits per heavy atom. The Labute approximate surface area is 226 Å². The summed E-state index contributed by atoms with van der Waals surface area (Å²) in [5, 5.41) is 59.0. The fourth-order valence-electron chi connectivity index (χ4n) is 3.92. The molecule has 2 aliphatic rings. The number of phosphoric acid groups is 2. The van der Waals surface area contributed by atoms with E-state index in [1.807, 2.05) is 0 Å². The molecular formula is C17H23N5O17P2-2. The number of ether oxygens (including phenoxy) is 2. The zero-order valence-corrected chi connectivity index (χ0v) is 22.0. The van der Waals surface area contributed by atoms with Crippen molar-refractivity contribution in [1.82, 2.24) is 19.5 Å². The Balaban J connectivity index is 1.40. The molecular weight excluding hydrogens is 608 g/mol. The average Bonchev–Trinajstić information content (AvgIpc) is 3.42. The molecule has 2 aliphatic heterocycles. The van der Waals surface area contributed by atoms with Gasteiger partial charge in [-0.05, 0) is 0 Å². The van der Waals surface area contributed by atoms with Crippen LogP contribution in [0.5, 0.6) is 0 Å². The number of hydrogen-bond donors (Lipinski definition) is 8. The molecule has 0 bridgehead atoms. The van der Waals surface area contributed by atoms with E-state index in [1.165, 1.54) is 0 Å². The van der Waals surface area contributed by atoms with Gasteiger partial charge >= 0.3 is 0 Å². The molecule has 22 nitrogen and oxygen atoms in total. The van der Waals surface area contributed by atoms with Gasteiger partial charge in [0.25, 0.3) is 21.2 Å². The third kappa shape index (κ3) is 6.57. The van der Waals surface area contributed by atoms with E-state index in [9.17, 15) is 54.0 Å². The lowest BCUT2D eigenvalue weighted by atomic mass is 9.97. The van der Waals surface area contributed by atoms with E-state index in [1.54, 1.807) is 0 Å². The summed E-state index contributed by atoms with van der Waals surface area (Å²) in [6.07, 6.45) is -16.9. The largest absolute Gasteiger partial charge is 0.756 e. The van der Waals surface area contributed by atoms with Crippen LogP contribution in [0.2, 0.25) is 0 Å². The molecule has 4 heterocycles. The minimum absolute atomic E-state index is 0.154. The number of ketones is 1. The van der Waals surface area contributed by atoms with E-state index in [-0.39, 0.29) is 17.1 Å². The number of aromatic amines is 1. The summed E-state index contributed by atoms with van der Waals surface area (Å²) < 4.78 is 48.1. The number of carbonyl (C=O) groups is 1. The molecule has 0 amide bonds. The summed E-state index contributed by atoms with van der Waals surface area (Å²) in [6.45, 7) is -2.20. The van der Waals surface area contributed by atoms with Crippen molar-refractivity contribution in [3.8, 4) is 0 Å². The normalized spacial score (nSPS) is 34.4. The van der Waals surface area contributed by atoms with Crippen molar-refractivity contribution in [2.45, 2.75) is 55.2 Å². The van der Waals surface area contributed by atoms with E-state index in [2.05, 4.69) is 28.3 Å². The van der Waals surface area contributed by atoms with Gasteiger partial charge in [0.05, 0.1) is 19.5 Å². The summed E-state index contributed by atoms with van der Waals surface area (Å²) in [5.41, 5.74) is 4.43. The monoisotopic (exact) mass is 631 g/mol. The van der Waals surface area contributed by atoms with Crippen molar-refractivity contribution in [2.24, 2.45) is 0 Å². The predicted molar refractivity (Wildman–Crippen MR) is 121 cm³/mol.